The number of aryl methyl sites for hydroxylation is 2. The van der Waals surface area contributed by atoms with Crippen LogP contribution in [-0.4, -0.2) is 10.8 Å². The number of halogens is 1. The first-order valence-corrected chi connectivity index (χ1v) is 8.83. The minimum absolute atomic E-state index is 0.118. The predicted octanol–water partition coefficient (Wildman–Crippen LogP) is 4.89. The Labute approximate surface area is 152 Å². The molecule has 2 atom stereocenters. The second-order valence-electron chi connectivity index (χ2n) is 6.75. The van der Waals surface area contributed by atoms with Gasteiger partial charge in [-0.05, 0) is 62.3 Å². The Hall–Kier alpha value is -1.78. The maximum Gasteiger partial charge on any atom is 0.188 e. The van der Waals surface area contributed by atoms with Crippen LogP contribution < -0.4 is 15.0 Å². The summed E-state index contributed by atoms with van der Waals surface area (Å²) in [6.07, 6.45) is 0.799. The van der Waals surface area contributed by atoms with Crippen molar-refractivity contribution in [3.05, 3.63) is 58.1 Å². The maximum atomic E-state index is 6.40. The van der Waals surface area contributed by atoms with Crippen molar-refractivity contribution >= 4 is 34.6 Å². The minimum Gasteiger partial charge on any atom is -0.466 e. The largest absolute Gasteiger partial charge is 0.466 e. The highest BCUT2D eigenvalue weighted by Gasteiger charge is 2.48. The number of para-hydroxylation sites is 1. The molecule has 124 valence electrons. The van der Waals surface area contributed by atoms with Crippen LogP contribution in [0.3, 0.4) is 0 Å². The van der Waals surface area contributed by atoms with Crippen LogP contribution in [0.4, 0.5) is 5.69 Å². The highest BCUT2D eigenvalue weighted by Crippen LogP contribution is 2.48. The third-order valence-electron chi connectivity index (χ3n) is 5.00. The van der Waals surface area contributed by atoms with Crippen molar-refractivity contribution in [1.82, 2.24) is 5.32 Å². The van der Waals surface area contributed by atoms with Gasteiger partial charge in [0.1, 0.15) is 5.75 Å². The molecule has 1 saturated heterocycles. The summed E-state index contributed by atoms with van der Waals surface area (Å²) in [4.78, 5) is 2.07. The Morgan fingerprint density at radius 1 is 1.25 bits per heavy atom. The number of fused-ring (bicyclic) bond motifs is 4. The van der Waals surface area contributed by atoms with Crippen LogP contribution >= 0.6 is 23.8 Å². The molecular formula is C19H19ClN2OS. The Morgan fingerprint density at radius 3 is 2.79 bits per heavy atom. The molecule has 0 amide bonds. The standard InChI is InChI=1S/C19H19ClN2OS/c1-11-7-8-13(9-12(11)2)22-18(24)21-16-10-19(22,3)23-17-14(16)5-4-6-15(17)20/h4-9,16H,10H2,1-3H3,(H,21,24). The monoisotopic (exact) mass is 358 g/mol. The Bertz CT molecular complexity index is 853. The highest BCUT2D eigenvalue weighted by molar-refractivity contribution is 7.80. The molecule has 0 aliphatic carbocycles. The van der Waals surface area contributed by atoms with Crippen LogP contribution in [0.1, 0.15) is 36.1 Å². The summed E-state index contributed by atoms with van der Waals surface area (Å²) in [6.45, 7) is 6.30. The molecule has 24 heavy (non-hydrogen) atoms. The van der Waals surface area contributed by atoms with Crippen molar-refractivity contribution in [2.24, 2.45) is 0 Å². The van der Waals surface area contributed by atoms with Gasteiger partial charge in [0, 0.05) is 17.7 Å². The minimum atomic E-state index is -0.563. The van der Waals surface area contributed by atoms with Crippen LogP contribution in [0.2, 0.25) is 5.02 Å². The lowest BCUT2D eigenvalue weighted by Crippen LogP contribution is -2.65. The molecule has 2 heterocycles. The molecule has 0 aromatic heterocycles. The Morgan fingerprint density at radius 2 is 2.04 bits per heavy atom. The van der Waals surface area contributed by atoms with Gasteiger partial charge in [-0.25, -0.2) is 0 Å². The molecule has 2 aliphatic rings. The van der Waals surface area contributed by atoms with E-state index in [9.17, 15) is 0 Å². The second-order valence-corrected chi connectivity index (χ2v) is 7.54. The number of thiocarbonyl (C=S) groups is 1. The van der Waals surface area contributed by atoms with E-state index in [2.05, 4.69) is 49.2 Å². The van der Waals surface area contributed by atoms with Gasteiger partial charge in [0.05, 0.1) is 11.1 Å². The van der Waals surface area contributed by atoms with Crippen molar-refractivity contribution < 1.29 is 4.74 Å². The summed E-state index contributed by atoms with van der Waals surface area (Å²) in [6, 6.07) is 12.3. The molecule has 4 rings (SSSR count). The van der Waals surface area contributed by atoms with Crippen LogP contribution in [-0.2, 0) is 0 Å². The molecule has 5 heteroatoms. The molecule has 2 aromatic rings. The van der Waals surface area contributed by atoms with Crippen LogP contribution in [0.15, 0.2) is 36.4 Å². The zero-order chi connectivity index (χ0) is 17.1. The average molecular weight is 359 g/mol. The van der Waals surface area contributed by atoms with Crippen molar-refractivity contribution in [2.45, 2.75) is 39.0 Å². The van der Waals surface area contributed by atoms with Gasteiger partial charge in [0.25, 0.3) is 0 Å². The molecule has 0 radical (unpaired) electrons. The number of benzene rings is 2. The van der Waals surface area contributed by atoms with Gasteiger partial charge in [-0.15, -0.1) is 0 Å². The fourth-order valence-corrected chi connectivity index (χ4v) is 4.27. The zero-order valence-corrected chi connectivity index (χ0v) is 15.5. The van der Waals surface area contributed by atoms with Gasteiger partial charge in [-0.2, -0.15) is 0 Å². The van der Waals surface area contributed by atoms with Crippen molar-refractivity contribution in [2.75, 3.05) is 4.90 Å². The van der Waals surface area contributed by atoms with E-state index in [1.54, 1.807) is 0 Å². The lowest BCUT2D eigenvalue weighted by molar-refractivity contribution is 0.0499. The first-order chi connectivity index (χ1) is 11.4. The Kier molecular flexibility index (Phi) is 3.52. The quantitative estimate of drug-likeness (QED) is 0.733. The second kappa shape index (κ2) is 5.36. The third kappa shape index (κ3) is 2.28. The fraction of sp³-hybridized carbons (Fsp3) is 0.316. The molecule has 1 fully saturated rings. The van der Waals surface area contributed by atoms with Crippen LogP contribution in [0, 0.1) is 13.8 Å². The summed E-state index contributed by atoms with van der Waals surface area (Å²) >= 11 is 12.1. The van der Waals surface area contributed by atoms with E-state index in [-0.39, 0.29) is 6.04 Å². The van der Waals surface area contributed by atoms with Gasteiger partial charge in [-0.1, -0.05) is 29.8 Å². The topological polar surface area (TPSA) is 24.5 Å². The first-order valence-electron chi connectivity index (χ1n) is 8.04. The molecule has 1 N–H and O–H groups in total. The number of rotatable bonds is 1. The molecule has 2 aliphatic heterocycles. The van der Waals surface area contributed by atoms with Gasteiger partial charge in [0.2, 0.25) is 0 Å². The van der Waals surface area contributed by atoms with E-state index in [1.807, 2.05) is 18.2 Å². The van der Waals surface area contributed by atoms with Crippen LogP contribution in [0.5, 0.6) is 5.75 Å². The van der Waals surface area contributed by atoms with E-state index in [4.69, 9.17) is 28.6 Å². The van der Waals surface area contributed by atoms with Gasteiger partial charge >= 0.3 is 0 Å². The number of nitrogens with one attached hydrogen (secondary N) is 1. The number of ether oxygens (including phenoxy) is 1. The number of hydrogen-bond donors (Lipinski definition) is 1. The number of nitrogens with zero attached hydrogens (tertiary/aromatic N) is 1. The van der Waals surface area contributed by atoms with E-state index >= 15 is 0 Å². The molecule has 2 bridgehead atoms. The number of anilines is 1. The molecule has 2 unspecified atom stereocenters. The van der Waals surface area contributed by atoms with Crippen LogP contribution in [0.25, 0.3) is 0 Å². The fourth-order valence-electron chi connectivity index (χ4n) is 3.61. The Balaban J connectivity index is 1.83. The van der Waals surface area contributed by atoms with Crippen molar-refractivity contribution in [3.8, 4) is 5.75 Å². The summed E-state index contributed by atoms with van der Waals surface area (Å²) in [5, 5.41) is 4.78. The smallest absolute Gasteiger partial charge is 0.188 e. The molecule has 0 saturated carbocycles. The van der Waals surface area contributed by atoms with E-state index < -0.39 is 5.72 Å². The normalized spacial score (nSPS) is 24.9. The van der Waals surface area contributed by atoms with E-state index in [1.165, 1.54) is 11.1 Å². The molecule has 0 spiro atoms. The predicted molar refractivity (Wildman–Crippen MR) is 102 cm³/mol. The highest BCUT2D eigenvalue weighted by atomic mass is 35.5. The zero-order valence-electron chi connectivity index (χ0n) is 13.9. The van der Waals surface area contributed by atoms with Gasteiger partial charge < -0.3 is 10.1 Å². The number of hydrogen-bond acceptors (Lipinski definition) is 2. The summed E-state index contributed by atoms with van der Waals surface area (Å²) in [5.74, 6) is 0.752. The lowest BCUT2D eigenvalue weighted by atomic mass is 9.90. The summed E-state index contributed by atoms with van der Waals surface area (Å²) < 4.78 is 6.40. The SMILES string of the molecule is Cc1ccc(N2C(=S)NC3CC2(C)Oc2c(Cl)cccc23)cc1C. The lowest BCUT2D eigenvalue weighted by Gasteiger charge is -2.52. The van der Waals surface area contributed by atoms with E-state index in [0.29, 0.717) is 10.1 Å². The molecular weight excluding hydrogens is 340 g/mol. The average Bonchev–Trinajstić information content (AvgIpc) is 2.51. The third-order valence-corrected chi connectivity index (χ3v) is 5.60. The molecule has 3 nitrogen and oxygen atoms in total. The van der Waals surface area contributed by atoms with Gasteiger partial charge in [-0.3, -0.25) is 4.90 Å². The van der Waals surface area contributed by atoms with E-state index in [0.717, 1.165) is 23.4 Å². The van der Waals surface area contributed by atoms with Crippen molar-refractivity contribution in [3.63, 3.8) is 0 Å². The molecule has 2 aromatic carbocycles. The first kappa shape index (κ1) is 15.7. The summed E-state index contributed by atoms with van der Waals surface area (Å²) in [7, 11) is 0. The summed E-state index contributed by atoms with van der Waals surface area (Å²) in [5.41, 5.74) is 4.03. The maximum absolute atomic E-state index is 6.40. The van der Waals surface area contributed by atoms with Gasteiger partial charge in [0.15, 0.2) is 10.8 Å². The van der Waals surface area contributed by atoms with Crippen molar-refractivity contribution in [1.29, 1.82) is 0 Å².